The van der Waals surface area contributed by atoms with E-state index in [2.05, 4.69) is 73.9 Å². The molecule has 4 aliphatic heterocycles. The molecule has 16 heteroatoms. The number of piperazine rings is 2. The molecule has 0 radical (unpaired) electrons. The van der Waals surface area contributed by atoms with Gasteiger partial charge in [-0.05, 0) is 90.7 Å². The van der Waals surface area contributed by atoms with E-state index in [1.54, 1.807) is 0 Å². The van der Waals surface area contributed by atoms with Gasteiger partial charge in [0, 0.05) is 104 Å². The largest absolute Gasteiger partial charge is 0.488 e. The first kappa shape index (κ1) is 66.7. The Balaban J connectivity index is 0.549. The van der Waals surface area contributed by atoms with Gasteiger partial charge >= 0.3 is 0 Å². The summed E-state index contributed by atoms with van der Waals surface area (Å²) in [5.41, 5.74) is 14.0. The number of carbonyl (C=O) groups excluding carboxylic acids is 4. The lowest BCUT2D eigenvalue weighted by molar-refractivity contribution is -0.141. The first-order valence-corrected chi connectivity index (χ1v) is 33.8. The van der Waals surface area contributed by atoms with E-state index in [9.17, 15) is 19.2 Å². The number of hydrogen-bond donors (Lipinski definition) is 0. The van der Waals surface area contributed by atoms with Gasteiger partial charge in [0.2, 0.25) is 11.8 Å². The highest BCUT2D eigenvalue weighted by atomic mass is 16.5. The molecule has 16 nitrogen and oxygen atoms in total. The summed E-state index contributed by atoms with van der Waals surface area (Å²) in [4.78, 5) is 67.9. The molecular formula is C80H88N6O10. The fourth-order valence-corrected chi connectivity index (χ4v) is 13.0. The molecule has 0 spiro atoms. The highest BCUT2D eigenvalue weighted by molar-refractivity contribution is 5.98. The van der Waals surface area contributed by atoms with Crippen molar-refractivity contribution in [1.29, 1.82) is 0 Å². The van der Waals surface area contributed by atoms with Crippen molar-refractivity contribution in [1.82, 2.24) is 29.4 Å². The van der Waals surface area contributed by atoms with Gasteiger partial charge in [0.05, 0.1) is 24.3 Å². The molecule has 0 aliphatic carbocycles. The van der Waals surface area contributed by atoms with Crippen LogP contribution in [0, 0.1) is 0 Å². The van der Waals surface area contributed by atoms with Gasteiger partial charge in [-0.25, -0.2) is 0 Å². The standard InChI is InChI=1S/C80H88N6O10/c1-57(2)69-41-71(75(95-53-61-21-13-7-14-22-61)43-73(69)93-51-59-17-9-5-10-18-59)79(89)85-47-65-27-25-63(39-67(65)49-85)45-81-29-33-83(34-30-81)77(87)55-91-37-38-92-56-78(88)84-35-31-82(32-36-84)46-64-26-28-66-48-86(50-68(66)40-64)80(90)72-42-70(58(3)4)74(94-52-60-19-11-6-12-20-60)44-76(72)96-54-62-23-15-8-16-24-62/h5-28,39-44,57-58H,29-38,45-56H2,1-4H3. The molecule has 2 fully saturated rings. The number of nitrogens with zero attached hydrogens (tertiary/aromatic N) is 6. The lowest BCUT2D eigenvalue weighted by atomic mass is 9.98. The highest BCUT2D eigenvalue weighted by Crippen LogP contribution is 2.39. The predicted octanol–water partition coefficient (Wildman–Crippen LogP) is 12.6. The molecule has 0 N–H and O–H groups in total. The second-order valence-electron chi connectivity index (χ2n) is 26.1. The fraction of sp³-hybridized carbons (Fsp3) is 0.350. The van der Waals surface area contributed by atoms with Crippen molar-refractivity contribution in [3.05, 3.63) is 260 Å². The Morgan fingerprint density at radius 1 is 0.344 bits per heavy atom. The molecule has 0 atom stereocenters. The van der Waals surface area contributed by atoms with E-state index in [4.69, 9.17) is 28.4 Å². The average Bonchev–Trinajstić information content (AvgIpc) is 1.54. The molecule has 4 aliphatic rings. The van der Waals surface area contributed by atoms with Crippen molar-refractivity contribution in [2.75, 3.05) is 78.8 Å². The smallest absolute Gasteiger partial charge is 0.258 e. The van der Waals surface area contributed by atoms with Crippen LogP contribution < -0.4 is 18.9 Å². The van der Waals surface area contributed by atoms with Gasteiger partial charge < -0.3 is 48.0 Å². The molecule has 4 amide bonds. The van der Waals surface area contributed by atoms with Crippen LogP contribution in [0.4, 0.5) is 0 Å². The molecular weight excluding hydrogens is 1200 g/mol. The van der Waals surface area contributed by atoms with Crippen LogP contribution in [-0.2, 0) is 84.8 Å². The van der Waals surface area contributed by atoms with Crippen LogP contribution >= 0.6 is 0 Å². The minimum atomic E-state index is -0.0808. The number of benzene rings is 8. The van der Waals surface area contributed by atoms with Crippen molar-refractivity contribution in [3.63, 3.8) is 0 Å². The molecule has 498 valence electrons. The highest BCUT2D eigenvalue weighted by Gasteiger charge is 2.32. The molecule has 4 heterocycles. The average molecular weight is 1290 g/mol. The molecule has 0 bridgehead atoms. The van der Waals surface area contributed by atoms with Crippen molar-refractivity contribution in [2.45, 2.75) is 105 Å². The zero-order valence-corrected chi connectivity index (χ0v) is 55.8. The molecule has 96 heavy (non-hydrogen) atoms. The van der Waals surface area contributed by atoms with Crippen molar-refractivity contribution < 1.29 is 47.6 Å². The van der Waals surface area contributed by atoms with Gasteiger partial charge in [-0.15, -0.1) is 0 Å². The van der Waals surface area contributed by atoms with Crippen molar-refractivity contribution in [3.8, 4) is 23.0 Å². The number of ether oxygens (including phenoxy) is 6. The maximum atomic E-state index is 14.6. The third-order valence-electron chi connectivity index (χ3n) is 18.5. The van der Waals surface area contributed by atoms with Crippen LogP contribution in [0.5, 0.6) is 23.0 Å². The van der Waals surface area contributed by atoms with E-state index in [0.717, 1.165) is 94.9 Å². The monoisotopic (exact) mass is 1290 g/mol. The second kappa shape index (κ2) is 31.9. The Bertz CT molecular complexity index is 3690. The number of hydrogen-bond acceptors (Lipinski definition) is 12. The van der Waals surface area contributed by atoms with Crippen LogP contribution in [0.2, 0.25) is 0 Å². The van der Waals surface area contributed by atoms with Gasteiger partial charge in [0.15, 0.2) is 0 Å². The third-order valence-corrected chi connectivity index (χ3v) is 18.5. The van der Waals surface area contributed by atoms with Crippen LogP contribution in [0.1, 0.15) is 127 Å². The third kappa shape index (κ3) is 17.2. The molecule has 0 aromatic heterocycles. The van der Waals surface area contributed by atoms with E-state index < -0.39 is 0 Å². The first-order valence-electron chi connectivity index (χ1n) is 33.8. The zero-order chi connectivity index (χ0) is 66.3. The fourth-order valence-electron chi connectivity index (χ4n) is 13.0. The van der Waals surface area contributed by atoms with Crippen molar-refractivity contribution >= 4 is 23.6 Å². The van der Waals surface area contributed by atoms with E-state index in [1.807, 2.05) is 165 Å². The zero-order valence-electron chi connectivity index (χ0n) is 55.8. The van der Waals surface area contributed by atoms with Crippen LogP contribution in [0.15, 0.2) is 182 Å². The summed E-state index contributed by atoms with van der Waals surface area (Å²) in [6.07, 6.45) is 0. The minimum Gasteiger partial charge on any atom is -0.488 e. The minimum absolute atomic E-state index is 0.0443. The normalized spacial score (nSPS) is 14.9. The topological polar surface area (TPSA) is 143 Å². The Morgan fingerprint density at radius 2 is 0.667 bits per heavy atom. The Hall–Kier alpha value is -9.32. The summed E-state index contributed by atoms with van der Waals surface area (Å²) in [5, 5.41) is 0. The predicted molar refractivity (Wildman–Crippen MR) is 370 cm³/mol. The molecule has 2 saturated heterocycles. The first-order chi connectivity index (χ1) is 46.8. The van der Waals surface area contributed by atoms with E-state index >= 15 is 0 Å². The summed E-state index contributed by atoms with van der Waals surface area (Å²) in [7, 11) is 0. The summed E-state index contributed by atoms with van der Waals surface area (Å²) < 4.78 is 37.2. The van der Waals surface area contributed by atoms with Gasteiger partial charge in [-0.2, -0.15) is 0 Å². The second-order valence-corrected chi connectivity index (χ2v) is 26.1. The maximum absolute atomic E-state index is 14.6. The SMILES string of the molecule is CC(C)c1cc(C(=O)N2Cc3ccc(CN4CCN(C(=O)COCCOCC(=O)N5CCN(Cc6ccc7c(c6)CN(C(=O)c6cc(C(C)C)c(OCc8ccccc8)cc6OCc6ccccc6)C7)CC5)CC4)cc3C2)c(OCc2ccccc2)cc1OCc1ccccc1. The summed E-state index contributed by atoms with van der Waals surface area (Å²) in [6.45, 7) is 19.0. The van der Waals surface area contributed by atoms with Crippen LogP contribution in [0.25, 0.3) is 0 Å². The Labute approximate surface area is 564 Å². The number of carbonyl (C=O) groups is 4. The lowest BCUT2D eigenvalue weighted by Gasteiger charge is -2.35. The molecule has 0 saturated carbocycles. The van der Waals surface area contributed by atoms with E-state index in [0.29, 0.717) is 113 Å². The maximum Gasteiger partial charge on any atom is 0.258 e. The summed E-state index contributed by atoms with van der Waals surface area (Å²) >= 11 is 0. The summed E-state index contributed by atoms with van der Waals surface area (Å²) in [6, 6.07) is 60.9. The van der Waals surface area contributed by atoms with Crippen molar-refractivity contribution in [2.24, 2.45) is 0 Å². The van der Waals surface area contributed by atoms with Crippen LogP contribution in [-0.4, -0.2) is 132 Å². The van der Waals surface area contributed by atoms with Gasteiger partial charge in [0.1, 0.15) is 62.6 Å². The van der Waals surface area contributed by atoms with Gasteiger partial charge in [-0.3, -0.25) is 29.0 Å². The number of rotatable bonds is 27. The molecule has 8 aromatic carbocycles. The Morgan fingerprint density at radius 3 is 1.00 bits per heavy atom. The Kier molecular flexibility index (Phi) is 22.2. The summed E-state index contributed by atoms with van der Waals surface area (Å²) in [5.74, 6) is 2.34. The lowest BCUT2D eigenvalue weighted by Crippen LogP contribution is -2.49. The van der Waals surface area contributed by atoms with E-state index in [-0.39, 0.29) is 61.9 Å². The molecule has 8 aromatic rings. The number of amides is 4. The molecule has 12 rings (SSSR count). The quantitative estimate of drug-likeness (QED) is 0.0452. The van der Waals surface area contributed by atoms with E-state index in [1.165, 1.54) is 11.1 Å². The van der Waals surface area contributed by atoms with Gasteiger partial charge in [0.25, 0.3) is 11.8 Å². The number of fused-ring (bicyclic) bond motifs is 2. The van der Waals surface area contributed by atoms with Gasteiger partial charge in [-0.1, -0.05) is 185 Å². The molecule has 0 unspecified atom stereocenters. The van der Waals surface area contributed by atoms with Crippen LogP contribution in [0.3, 0.4) is 0 Å².